The number of nitrogens with zero attached hydrogens (tertiary/aromatic N) is 1. The molecule has 0 aliphatic carbocycles. The Hall–Kier alpha value is -2.05. The van der Waals surface area contributed by atoms with Gasteiger partial charge in [0.2, 0.25) is 0 Å². The lowest BCUT2D eigenvalue weighted by Gasteiger charge is -2.30. The van der Waals surface area contributed by atoms with Crippen molar-refractivity contribution in [3.05, 3.63) is 77.4 Å². The monoisotopic (exact) mass is 391 g/mol. The third-order valence-corrected chi connectivity index (χ3v) is 7.25. The first kappa shape index (κ1) is 19.7. The number of sulfone groups is 1. The molecule has 2 atom stereocenters. The minimum absolute atomic E-state index is 0.0802. The van der Waals surface area contributed by atoms with Crippen LogP contribution >= 0.6 is 0 Å². The summed E-state index contributed by atoms with van der Waals surface area (Å²) in [6, 6.07) is 12.6. The first-order valence-electron chi connectivity index (χ1n) is 8.99. The van der Waals surface area contributed by atoms with Crippen molar-refractivity contribution in [2.75, 3.05) is 18.8 Å². The maximum absolute atomic E-state index is 14.4. The van der Waals surface area contributed by atoms with E-state index in [-0.39, 0.29) is 17.4 Å². The van der Waals surface area contributed by atoms with E-state index < -0.39 is 26.7 Å². The largest absolute Gasteiger partial charge is 0.287 e. The molecule has 2 aromatic rings. The van der Waals surface area contributed by atoms with Crippen molar-refractivity contribution >= 4 is 15.4 Å². The summed E-state index contributed by atoms with van der Waals surface area (Å²) in [7, 11) is -3.19. The Morgan fingerprint density at radius 2 is 1.85 bits per heavy atom. The highest BCUT2D eigenvalue weighted by molar-refractivity contribution is 7.92. The van der Waals surface area contributed by atoms with E-state index in [1.54, 1.807) is 13.8 Å². The van der Waals surface area contributed by atoms with Gasteiger partial charge in [-0.05, 0) is 36.3 Å². The molecule has 1 heterocycles. The Balaban J connectivity index is 1.99. The molecule has 0 radical (unpaired) electrons. The molecule has 144 valence electrons. The summed E-state index contributed by atoms with van der Waals surface area (Å²) in [6.45, 7) is 4.14. The molecular weight excluding hydrogens is 368 g/mol. The summed E-state index contributed by atoms with van der Waals surface area (Å²) in [5, 5.41) is -0.543. The average Bonchev–Trinajstić information content (AvgIpc) is 3.07. The van der Waals surface area contributed by atoms with Crippen molar-refractivity contribution in [2.45, 2.75) is 25.1 Å². The van der Waals surface area contributed by atoms with Gasteiger partial charge in [0.15, 0.2) is 9.84 Å². The Bertz CT molecular complexity index is 942. The molecular formula is C21H23F2NO2S. The number of halogens is 2. The zero-order valence-electron chi connectivity index (χ0n) is 15.4. The molecule has 2 aromatic carbocycles. The average molecular weight is 391 g/mol. The van der Waals surface area contributed by atoms with E-state index in [2.05, 4.69) is 0 Å². The van der Waals surface area contributed by atoms with Gasteiger partial charge >= 0.3 is 0 Å². The van der Waals surface area contributed by atoms with E-state index >= 15 is 0 Å². The second-order valence-corrected chi connectivity index (χ2v) is 9.52. The van der Waals surface area contributed by atoms with Crippen LogP contribution in [0, 0.1) is 11.6 Å². The van der Waals surface area contributed by atoms with Crippen LogP contribution < -0.4 is 0 Å². The van der Waals surface area contributed by atoms with Gasteiger partial charge in [0.25, 0.3) is 0 Å². The molecule has 0 amide bonds. The molecule has 2 unspecified atom stereocenters. The molecule has 0 bridgehead atoms. The fourth-order valence-electron chi connectivity index (χ4n) is 3.54. The van der Waals surface area contributed by atoms with E-state index in [1.807, 2.05) is 41.3 Å². The molecule has 0 fully saturated rings. The van der Waals surface area contributed by atoms with Crippen molar-refractivity contribution in [1.82, 2.24) is 4.90 Å². The summed E-state index contributed by atoms with van der Waals surface area (Å²) in [4.78, 5) is 2.01. The maximum atomic E-state index is 14.4. The van der Waals surface area contributed by atoms with Gasteiger partial charge < -0.3 is 0 Å². The van der Waals surface area contributed by atoms with Crippen molar-refractivity contribution in [3.63, 3.8) is 0 Å². The summed E-state index contributed by atoms with van der Waals surface area (Å²) >= 11 is 0. The quantitative estimate of drug-likeness (QED) is 0.740. The highest BCUT2D eigenvalue weighted by Gasteiger charge is 2.33. The number of rotatable bonds is 6. The molecule has 3 rings (SSSR count). The lowest BCUT2D eigenvalue weighted by molar-refractivity contribution is 0.281. The van der Waals surface area contributed by atoms with Crippen LogP contribution in [0.1, 0.15) is 31.0 Å². The molecule has 0 aromatic heterocycles. The molecule has 0 saturated heterocycles. The van der Waals surface area contributed by atoms with E-state index in [9.17, 15) is 17.2 Å². The summed E-state index contributed by atoms with van der Waals surface area (Å²) < 4.78 is 52.6. The van der Waals surface area contributed by atoms with Crippen LogP contribution in [-0.4, -0.2) is 37.4 Å². The molecule has 1 aliphatic rings. The molecule has 3 nitrogen and oxygen atoms in total. The van der Waals surface area contributed by atoms with Gasteiger partial charge in [-0.2, -0.15) is 0 Å². The van der Waals surface area contributed by atoms with Crippen molar-refractivity contribution in [2.24, 2.45) is 0 Å². The Labute approximate surface area is 159 Å². The molecule has 0 spiro atoms. The van der Waals surface area contributed by atoms with E-state index in [0.717, 1.165) is 17.7 Å². The lowest BCUT2D eigenvalue weighted by atomic mass is 9.93. The van der Waals surface area contributed by atoms with E-state index in [0.29, 0.717) is 18.7 Å². The van der Waals surface area contributed by atoms with Crippen molar-refractivity contribution in [3.8, 4) is 0 Å². The van der Waals surface area contributed by atoms with Crippen LogP contribution in [0.5, 0.6) is 0 Å². The van der Waals surface area contributed by atoms with Gasteiger partial charge in [-0.3, -0.25) is 4.90 Å². The van der Waals surface area contributed by atoms with E-state index in [1.165, 1.54) is 6.07 Å². The van der Waals surface area contributed by atoms with Gasteiger partial charge in [-0.25, -0.2) is 17.2 Å². The Kier molecular flexibility index (Phi) is 5.77. The third-order valence-electron chi connectivity index (χ3n) is 5.07. The van der Waals surface area contributed by atoms with Crippen LogP contribution in [-0.2, 0) is 9.84 Å². The van der Waals surface area contributed by atoms with Crippen LogP contribution in [0.4, 0.5) is 8.78 Å². The normalized spacial score (nSPS) is 19.1. The minimum atomic E-state index is -3.19. The highest BCUT2D eigenvalue weighted by atomic mass is 32.2. The number of hydrogen-bond donors (Lipinski definition) is 0. The Morgan fingerprint density at radius 1 is 1.15 bits per heavy atom. The SMILES string of the molecule is CCS(=O)(=O)C(C)CN1CC=C(c2cc(F)ccc2F)C1c1ccccc1. The summed E-state index contributed by atoms with van der Waals surface area (Å²) in [5.74, 6) is -0.907. The van der Waals surface area contributed by atoms with Crippen LogP contribution in [0.3, 0.4) is 0 Å². The predicted molar refractivity (Wildman–Crippen MR) is 104 cm³/mol. The minimum Gasteiger partial charge on any atom is -0.287 e. The zero-order valence-corrected chi connectivity index (χ0v) is 16.2. The smallest absolute Gasteiger partial charge is 0.153 e. The van der Waals surface area contributed by atoms with Crippen molar-refractivity contribution < 1.29 is 17.2 Å². The van der Waals surface area contributed by atoms with Gasteiger partial charge in [0.1, 0.15) is 11.6 Å². The third kappa shape index (κ3) is 4.12. The predicted octanol–water partition coefficient (Wildman–Crippen LogP) is 4.23. The van der Waals surface area contributed by atoms with Crippen molar-refractivity contribution in [1.29, 1.82) is 0 Å². The van der Waals surface area contributed by atoms with Gasteiger partial charge in [0, 0.05) is 24.4 Å². The second-order valence-electron chi connectivity index (χ2n) is 6.81. The summed E-state index contributed by atoms with van der Waals surface area (Å²) in [6.07, 6.45) is 1.86. The van der Waals surface area contributed by atoms with Crippen LogP contribution in [0.2, 0.25) is 0 Å². The summed E-state index contributed by atoms with van der Waals surface area (Å²) in [5.41, 5.74) is 1.81. The van der Waals surface area contributed by atoms with Gasteiger partial charge in [-0.1, -0.05) is 43.3 Å². The molecule has 6 heteroatoms. The highest BCUT2D eigenvalue weighted by Crippen LogP contribution is 2.40. The second kappa shape index (κ2) is 7.90. The fraction of sp³-hybridized carbons (Fsp3) is 0.333. The number of benzene rings is 2. The van der Waals surface area contributed by atoms with Gasteiger partial charge in [0.05, 0.1) is 11.3 Å². The van der Waals surface area contributed by atoms with Gasteiger partial charge in [-0.15, -0.1) is 0 Å². The first-order chi connectivity index (χ1) is 12.8. The van der Waals surface area contributed by atoms with E-state index in [4.69, 9.17) is 0 Å². The topological polar surface area (TPSA) is 37.4 Å². The maximum Gasteiger partial charge on any atom is 0.153 e. The molecule has 27 heavy (non-hydrogen) atoms. The molecule has 1 aliphatic heterocycles. The standard InChI is InChI=1S/C21H23F2NO2S/c1-3-27(25,26)15(2)14-24-12-11-18(19-13-17(22)9-10-20(19)23)21(24)16-7-5-4-6-8-16/h4-11,13,15,21H,3,12,14H2,1-2H3. The number of hydrogen-bond acceptors (Lipinski definition) is 3. The van der Waals surface area contributed by atoms with Crippen LogP contribution in [0.25, 0.3) is 5.57 Å². The fourth-order valence-corrected chi connectivity index (χ4v) is 4.53. The van der Waals surface area contributed by atoms with Crippen LogP contribution in [0.15, 0.2) is 54.6 Å². The molecule has 0 saturated carbocycles. The molecule has 0 N–H and O–H groups in total. The first-order valence-corrected chi connectivity index (χ1v) is 10.7. The zero-order chi connectivity index (χ0) is 19.6. The Morgan fingerprint density at radius 3 is 2.52 bits per heavy atom. The lowest BCUT2D eigenvalue weighted by Crippen LogP contribution is -2.36.